The van der Waals surface area contributed by atoms with Crippen LogP contribution in [0.4, 0.5) is 5.82 Å². The number of carbonyl (C=O) groups excluding carboxylic acids is 1. The number of anilines is 1. The highest BCUT2D eigenvalue weighted by Gasteiger charge is 2.18. The van der Waals surface area contributed by atoms with E-state index in [1.165, 1.54) is 0 Å². The Morgan fingerprint density at radius 3 is 2.37 bits per heavy atom. The van der Waals surface area contributed by atoms with Crippen LogP contribution in [0.15, 0.2) is 60.9 Å². The maximum atomic E-state index is 12.6. The van der Waals surface area contributed by atoms with Crippen molar-refractivity contribution in [1.82, 2.24) is 20.3 Å². The summed E-state index contributed by atoms with van der Waals surface area (Å²) in [6.07, 6.45) is 3.49. The summed E-state index contributed by atoms with van der Waals surface area (Å²) in [5, 5.41) is 6.22. The average molecular weight is 361 g/mol. The number of pyridine rings is 1. The van der Waals surface area contributed by atoms with Gasteiger partial charge in [0.1, 0.15) is 11.5 Å². The lowest BCUT2D eigenvalue weighted by Gasteiger charge is -2.20. The van der Waals surface area contributed by atoms with E-state index in [2.05, 4.69) is 25.6 Å². The van der Waals surface area contributed by atoms with Gasteiger partial charge in [0.05, 0.1) is 0 Å². The van der Waals surface area contributed by atoms with Gasteiger partial charge in [-0.2, -0.15) is 0 Å². The first kappa shape index (κ1) is 18.5. The van der Waals surface area contributed by atoms with Crippen molar-refractivity contribution in [3.8, 4) is 11.4 Å². The fraction of sp³-hybridized carbons (Fsp3) is 0.238. The molecule has 0 atom stereocenters. The molecule has 2 aromatic heterocycles. The summed E-state index contributed by atoms with van der Waals surface area (Å²) < 4.78 is 0. The van der Waals surface area contributed by atoms with E-state index in [0.29, 0.717) is 23.9 Å². The Bertz CT molecular complexity index is 905. The molecule has 6 nitrogen and oxygen atoms in total. The summed E-state index contributed by atoms with van der Waals surface area (Å²) in [5.41, 5.74) is 1.91. The number of nitrogens with zero attached hydrogens (tertiary/aromatic N) is 3. The van der Waals surface area contributed by atoms with Gasteiger partial charge in [-0.3, -0.25) is 9.78 Å². The van der Waals surface area contributed by atoms with E-state index >= 15 is 0 Å². The molecule has 0 unspecified atom stereocenters. The van der Waals surface area contributed by atoms with E-state index in [1.807, 2.05) is 63.2 Å². The smallest absolute Gasteiger partial charge is 0.270 e. The van der Waals surface area contributed by atoms with Crippen LogP contribution in [0.5, 0.6) is 0 Å². The zero-order valence-corrected chi connectivity index (χ0v) is 15.7. The number of nitrogens with one attached hydrogen (secondary N) is 2. The van der Waals surface area contributed by atoms with Crippen LogP contribution in [0.2, 0.25) is 0 Å². The molecule has 138 valence electrons. The van der Waals surface area contributed by atoms with Gasteiger partial charge < -0.3 is 10.6 Å². The maximum absolute atomic E-state index is 12.6. The van der Waals surface area contributed by atoms with E-state index in [9.17, 15) is 4.79 Å². The molecule has 0 fully saturated rings. The summed E-state index contributed by atoms with van der Waals surface area (Å²) in [6.45, 7) is 6.39. The van der Waals surface area contributed by atoms with Crippen molar-refractivity contribution in [3.63, 3.8) is 0 Å². The van der Waals surface area contributed by atoms with Crippen LogP contribution in [-0.2, 0) is 6.54 Å². The molecule has 0 saturated heterocycles. The van der Waals surface area contributed by atoms with Crippen LogP contribution in [0, 0.1) is 0 Å². The first-order valence-electron chi connectivity index (χ1n) is 8.80. The van der Waals surface area contributed by atoms with Crippen molar-refractivity contribution < 1.29 is 4.79 Å². The van der Waals surface area contributed by atoms with Crippen LogP contribution in [0.25, 0.3) is 11.4 Å². The van der Waals surface area contributed by atoms with Gasteiger partial charge in [0.15, 0.2) is 5.82 Å². The zero-order chi connectivity index (χ0) is 19.3. The lowest BCUT2D eigenvalue weighted by Crippen LogP contribution is -2.41. The van der Waals surface area contributed by atoms with Gasteiger partial charge >= 0.3 is 0 Å². The summed E-state index contributed by atoms with van der Waals surface area (Å²) >= 11 is 0. The molecule has 0 aliphatic rings. The van der Waals surface area contributed by atoms with Crippen LogP contribution in [0.1, 0.15) is 36.8 Å². The summed E-state index contributed by atoms with van der Waals surface area (Å²) in [6, 6.07) is 15.2. The molecular weight excluding hydrogens is 338 g/mol. The monoisotopic (exact) mass is 361 g/mol. The third kappa shape index (κ3) is 5.34. The third-order valence-corrected chi connectivity index (χ3v) is 3.70. The number of hydrogen-bond donors (Lipinski definition) is 2. The van der Waals surface area contributed by atoms with Crippen molar-refractivity contribution in [2.75, 3.05) is 5.32 Å². The molecule has 2 N–H and O–H groups in total. The highest BCUT2D eigenvalue weighted by atomic mass is 16.2. The molecule has 0 spiro atoms. The van der Waals surface area contributed by atoms with Crippen molar-refractivity contribution in [2.45, 2.75) is 32.9 Å². The number of rotatable bonds is 5. The van der Waals surface area contributed by atoms with Gasteiger partial charge in [0.25, 0.3) is 5.91 Å². The fourth-order valence-corrected chi connectivity index (χ4v) is 2.47. The molecule has 0 saturated carbocycles. The molecule has 1 aromatic carbocycles. The van der Waals surface area contributed by atoms with Crippen LogP contribution >= 0.6 is 0 Å². The minimum Gasteiger partial charge on any atom is -0.366 e. The van der Waals surface area contributed by atoms with Gasteiger partial charge in [-0.15, -0.1) is 0 Å². The topological polar surface area (TPSA) is 79.8 Å². The lowest BCUT2D eigenvalue weighted by molar-refractivity contribution is 0.0914. The van der Waals surface area contributed by atoms with E-state index < -0.39 is 0 Å². The Morgan fingerprint density at radius 1 is 1.00 bits per heavy atom. The second-order valence-electron chi connectivity index (χ2n) is 7.24. The van der Waals surface area contributed by atoms with E-state index in [4.69, 9.17) is 0 Å². The minimum atomic E-state index is -0.348. The molecular formula is C21H23N5O. The highest BCUT2D eigenvalue weighted by molar-refractivity contribution is 5.93. The Balaban J connectivity index is 1.91. The fourth-order valence-electron chi connectivity index (χ4n) is 2.47. The summed E-state index contributed by atoms with van der Waals surface area (Å²) in [7, 11) is 0. The second kappa shape index (κ2) is 7.95. The number of benzene rings is 1. The van der Waals surface area contributed by atoms with Gasteiger partial charge in [0, 0.05) is 36.1 Å². The van der Waals surface area contributed by atoms with Gasteiger partial charge in [0.2, 0.25) is 0 Å². The quantitative estimate of drug-likeness (QED) is 0.725. The zero-order valence-electron chi connectivity index (χ0n) is 15.7. The standard InChI is InChI=1S/C21H23N5O/c1-21(2,3)26-20(27)17-13-18(23-14-15-9-11-22-12-10-15)25-19(24-17)16-7-5-4-6-8-16/h4-13H,14H2,1-3H3,(H,26,27)(H,23,24,25). The highest BCUT2D eigenvalue weighted by Crippen LogP contribution is 2.19. The number of carbonyl (C=O) groups is 1. The Hall–Kier alpha value is -3.28. The Morgan fingerprint density at radius 2 is 1.70 bits per heavy atom. The van der Waals surface area contributed by atoms with Crippen molar-refractivity contribution in [2.24, 2.45) is 0 Å². The van der Waals surface area contributed by atoms with Crippen molar-refractivity contribution in [1.29, 1.82) is 0 Å². The van der Waals surface area contributed by atoms with Gasteiger partial charge in [-0.1, -0.05) is 30.3 Å². The van der Waals surface area contributed by atoms with Crippen LogP contribution < -0.4 is 10.6 Å². The first-order chi connectivity index (χ1) is 12.9. The van der Waals surface area contributed by atoms with Crippen LogP contribution in [0.3, 0.4) is 0 Å². The maximum Gasteiger partial charge on any atom is 0.270 e. The predicted molar refractivity (Wildman–Crippen MR) is 106 cm³/mol. The number of aromatic nitrogens is 3. The minimum absolute atomic E-state index is 0.228. The molecule has 3 aromatic rings. The molecule has 0 bridgehead atoms. The predicted octanol–water partition coefficient (Wildman–Crippen LogP) is 3.68. The molecule has 6 heteroatoms. The van der Waals surface area contributed by atoms with Crippen molar-refractivity contribution in [3.05, 3.63) is 72.2 Å². The molecule has 1 amide bonds. The SMILES string of the molecule is CC(C)(C)NC(=O)c1cc(NCc2ccncc2)nc(-c2ccccc2)n1. The molecule has 0 aliphatic carbocycles. The van der Waals surface area contributed by atoms with Crippen molar-refractivity contribution >= 4 is 11.7 Å². The Labute approximate surface area is 159 Å². The molecule has 0 radical (unpaired) electrons. The van der Waals surface area contributed by atoms with E-state index in [0.717, 1.165) is 11.1 Å². The average Bonchev–Trinajstić information content (AvgIpc) is 2.66. The van der Waals surface area contributed by atoms with E-state index in [-0.39, 0.29) is 11.4 Å². The summed E-state index contributed by atoms with van der Waals surface area (Å²) in [4.78, 5) is 25.7. The second-order valence-corrected chi connectivity index (χ2v) is 7.24. The molecule has 0 aliphatic heterocycles. The molecule has 27 heavy (non-hydrogen) atoms. The Kier molecular flexibility index (Phi) is 5.45. The normalized spacial score (nSPS) is 11.1. The number of hydrogen-bond acceptors (Lipinski definition) is 5. The first-order valence-corrected chi connectivity index (χ1v) is 8.80. The molecule has 3 rings (SSSR count). The molecule has 2 heterocycles. The van der Waals surface area contributed by atoms with Gasteiger partial charge in [-0.05, 0) is 38.5 Å². The van der Waals surface area contributed by atoms with Gasteiger partial charge in [-0.25, -0.2) is 9.97 Å². The largest absolute Gasteiger partial charge is 0.366 e. The lowest BCUT2D eigenvalue weighted by atomic mass is 10.1. The number of amides is 1. The third-order valence-electron chi connectivity index (χ3n) is 3.70. The summed E-state index contributed by atoms with van der Waals surface area (Å²) in [5.74, 6) is 0.878. The van der Waals surface area contributed by atoms with Crippen LogP contribution in [-0.4, -0.2) is 26.4 Å². The van der Waals surface area contributed by atoms with E-state index in [1.54, 1.807) is 18.5 Å².